The molecule has 0 spiro atoms. The maximum atomic E-state index is 12.1. The van der Waals surface area contributed by atoms with E-state index in [-0.39, 0.29) is 12.3 Å². The Kier molecular flexibility index (Phi) is 4.28. The second-order valence-corrected chi connectivity index (χ2v) is 4.67. The summed E-state index contributed by atoms with van der Waals surface area (Å²) >= 11 is 0. The van der Waals surface area contributed by atoms with Crippen LogP contribution in [0.5, 0.6) is 0 Å². The van der Waals surface area contributed by atoms with Gasteiger partial charge in [0.1, 0.15) is 0 Å². The minimum Gasteiger partial charge on any atom is -0.370 e. The van der Waals surface area contributed by atoms with Crippen molar-refractivity contribution in [3.8, 4) is 0 Å². The van der Waals surface area contributed by atoms with Gasteiger partial charge in [0.05, 0.1) is 11.3 Å². The van der Waals surface area contributed by atoms with Gasteiger partial charge in [-0.15, -0.1) is 0 Å². The number of nitrogen functional groups attached to an aromatic ring is 1. The first-order valence-corrected chi connectivity index (χ1v) is 5.52. The minimum absolute atomic E-state index is 0.0664. The third kappa shape index (κ3) is 3.74. The highest BCUT2D eigenvalue weighted by molar-refractivity contribution is 6.00. The summed E-state index contributed by atoms with van der Waals surface area (Å²) in [6.07, 6.45) is 0.0664. The van der Waals surface area contributed by atoms with Crippen LogP contribution < -0.4 is 22.3 Å². The van der Waals surface area contributed by atoms with E-state index in [0.717, 1.165) is 0 Å². The summed E-state index contributed by atoms with van der Waals surface area (Å²) in [6, 6.07) is 6.83. The lowest BCUT2D eigenvalue weighted by molar-refractivity contribution is -0.119. The van der Waals surface area contributed by atoms with Crippen LogP contribution in [-0.4, -0.2) is 17.4 Å². The molecule has 6 nitrogen and oxygen atoms in total. The molecule has 18 heavy (non-hydrogen) atoms. The van der Waals surface area contributed by atoms with E-state index < -0.39 is 11.4 Å². The lowest BCUT2D eigenvalue weighted by Gasteiger charge is -2.25. The topological polar surface area (TPSA) is 110 Å². The van der Waals surface area contributed by atoms with Gasteiger partial charge >= 0.3 is 0 Å². The van der Waals surface area contributed by atoms with E-state index in [1.807, 2.05) is 0 Å². The Morgan fingerprint density at radius 1 is 1.28 bits per heavy atom. The molecule has 1 aromatic rings. The second kappa shape index (κ2) is 5.50. The number of para-hydroxylation sites is 1. The van der Waals surface area contributed by atoms with Gasteiger partial charge in [-0.05, 0) is 26.0 Å². The first-order chi connectivity index (χ1) is 8.35. The fourth-order valence-electron chi connectivity index (χ4n) is 1.66. The molecule has 0 fully saturated rings. The van der Waals surface area contributed by atoms with Crippen molar-refractivity contribution in [2.24, 2.45) is 11.6 Å². The Balaban J connectivity index is 2.85. The monoisotopic (exact) mass is 250 g/mol. The summed E-state index contributed by atoms with van der Waals surface area (Å²) in [5.41, 5.74) is 7.81. The van der Waals surface area contributed by atoms with Gasteiger partial charge in [0.15, 0.2) is 0 Å². The molecular weight excluding hydrogens is 232 g/mol. The van der Waals surface area contributed by atoms with Gasteiger partial charge < -0.3 is 16.5 Å². The van der Waals surface area contributed by atoms with Gasteiger partial charge in [-0.3, -0.25) is 15.4 Å². The van der Waals surface area contributed by atoms with Crippen molar-refractivity contribution in [3.05, 3.63) is 29.8 Å². The van der Waals surface area contributed by atoms with Crippen molar-refractivity contribution in [2.45, 2.75) is 25.8 Å². The van der Waals surface area contributed by atoms with Crippen LogP contribution >= 0.6 is 0 Å². The van der Waals surface area contributed by atoms with Crippen LogP contribution in [-0.2, 0) is 4.79 Å². The number of nitrogens with two attached hydrogens (primary N) is 2. The smallest absolute Gasteiger partial charge is 0.253 e. The van der Waals surface area contributed by atoms with Crippen molar-refractivity contribution >= 4 is 17.5 Å². The third-order valence-electron chi connectivity index (χ3n) is 2.40. The van der Waals surface area contributed by atoms with Crippen molar-refractivity contribution in [1.82, 2.24) is 5.32 Å². The van der Waals surface area contributed by atoms with Crippen molar-refractivity contribution in [3.63, 3.8) is 0 Å². The quantitative estimate of drug-likeness (QED) is 0.446. The third-order valence-corrected chi connectivity index (χ3v) is 2.40. The Hall–Kier alpha value is -2.08. The van der Waals surface area contributed by atoms with Crippen LogP contribution in [0.4, 0.5) is 5.69 Å². The van der Waals surface area contributed by atoms with Crippen molar-refractivity contribution in [1.29, 1.82) is 0 Å². The van der Waals surface area contributed by atoms with E-state index in [1.165, 1.54) is 0 Å². The average molecular weight is 250 g/mol. The molecule has 2 amide bonds. The summed E-state index contributed by atoms with van der Waals surface area (Å²) in [5, 5.41) is 2.74. The van der Waals surface area contributed by atoms with Gasteiger partial charge in [0.25, 0.3) is 5.91 Å². The molecular formula is C12H18N4O2. The summed E-state index contributed by atoms with van der Waals surface area (Å²) in [7, 11) is 0. The number of hydrazine groups is 1. The van der Waals surface area contributed by atoms with Crippen LogP contribution in [0.15, 0.2) is 24.3 Å². The molecule has 0 saturated carbocycles. The van der Waals surface area contributed by atoms with Gasteiger partial charge in [0, 0.05) is 12.0 Å². The molecule has 0 saturated heterocycles. The van der Waals surface area contributed by atoms with Gasteiger partial charge in [-0.1, -0.05) is 12.1 Å². The number of nitrogens with one attached hydrogen (secondary N) is 2. The zero-order chi connectivity index (χ0) is 13.8. The molecule has 6 N–H and O–H groups in total. The van der Waals surface area contributed by atoms with Crippen LogP contribution in [0, 0.1) is 0 Å². The number of hydrogen-bond acceptors (Lipinski definition) is 4. The van der Waals surface area contributed by atoms with E-state index in [0.29, 0.717) is 11.3 Å². The molecule has 0 aromatic heterocycles. The van der Waals surface area contributed by atoms with Crippen molar-refractivity contribution in [2.75, 3.05) is 5.43 Å². The fraction of sp³-hybridized carbons (Fsp3) is 0.333. The predicted molar refractivity (Wildman–Crippen MR) is 69.6 cm³/mol. The zero-order valence-corrected chi connectivity index (χ0v) is 10.5. The first-order valence-electron chi connectivity index (χ1n) is 5.52. The van der Waals surface area contributed by atoms with Crippen molar-refractivity contribution < 1.29 is 9.59 Å². The van der Waals surface area contributed by atoms with Crippen LogP contribution in [0.1, 0.15) is 30.6 Å². The number of benzene rings is 1. The molecule has 0 aliphatic heterocycles. The molecule has 1 aromatic carbocycles. The molecule has 0 bridgehead atoms. The Morgan fingerprint density at radius 2 is 1.89 bits per heavy atom. The first kappa shape index (κ1) is 14.0. The van der Waals surface area contributed by atoms with Crippen LogP contribution in [0.3, 0.4) is 0 Å². The van der Waals surface area contributed by atoms with Gasteiger partial charge in [-0.2, -0.15) is 0 Å². The number of primary amides is 1. The predicted octanol–water partition coefficient (Wildman–Crippen LogP) is 0.356. The van der Waals surface area contributed by atoms with Crippen LogP contribution in [0.25, 0.3) is 0 Å². The maximum absolute atomic E-state index is 12.1. The Morgan fingerprint density at radius 3 is 2.44 bits per heavy atom. The number of carbonyl (C=O) groups is 2. The SMILES string of the molecule is CC(C)(CC(N)=O)NC(=O)c1ccccc1NN. The fourth-order valence-corrected chi connectivity index (χ4v) is 1.66. The van der Waals surface area contributed by atoms with Gasteiger partial charge in [0.2, 0.25) is 5.91 Å². The van der Waals surface area contributed by atoms with E-state index in [4.69, 9.17) is 11.6 Å². The highest BCUT2D eigenvalue weighted by Crippen LogP contribution is 2.16. The molecule has 6 heteroatoms. The molecule has 1 rings (SSSR count). The minimum atomic E-state index is -0.704. The molecule has 0 atom stereocenters. The van der Waals surface area contributed by atoms with Gasteiger partial charge in [-0.25, -0.2) is 0 Å². The molecule has 0 radical (unpaired) electrons. The number of anilines is 1. The van der Waals surface area contributed by atoms with E-state index in [2.05, 4.69) is 10.7 Å². The molecule has 0 aliphatic carbocycles. The highest BCUT2D eigenvalue weighted by atomic mass is 16.2. The lowest BCUT2D eigenvalue weighted by atomic mass is 9.99. The molecule has 0 unspecified atom stereocenters. The Bertz CT molecular complexity index is 457. The summed E-state index contributed by atoms with van der Waals surface area (Å²) in [5.74, 6) is 4.55. The molecule has 0 heterocycles. The maximum Gasteiger partial charge on any atom is 0.253 e. The van der Waals surface area contributed by atoms with E-state index in [9.17, 15) is 9.59 Å². The normalized spacial score (nSPS) is 10.8. The largest absolute Gasteiger partial charge is 0.370 e. The zero-order valence-electron chi connectivity index (χ0n) is 10.5. The number of rotatable bonds is 5. The summed E-state index contributed by atoms with van der Waals surface area (Å²) < 4.78 is 0. The molecule has 98 valence electrons. The number of carbonyl (C=O) groups excluding carboxylic acids is 2. The average Bonchev–Trinajstić information content (AvgIpc) is 2.26. The lowest BCUT2D eigenvalue weighted by Crippen LogP contribution is -2.46. The number of amides is 2. The van der Waals surface area contributed by atoms with E-state index >= 15 is 0 Å². The van der Waals surface area contributed by atoms with Crippen LogP contribution in [0.2, 0.25) is 0 Å². The van der Waals surface area contributed by atoms with E-state index in [1.54, 1.807) is 38.1 Å². The summed E-state index contributed by atoms with van der Waals surface area (Å²) in [6.45, 7) is 3.46. The molecule has 0 aliphatic rings. The Labute approximate surface area is 106 Å². The second-order valence-electron chi connectivity index (χ2n) is 4.67. The summed E-state index contributed by atoms with van der Waals surface area (Å²) in [4.78, 5) is 23.0. The highest BCUT2D eigenvalue weighted by Gasteiger charge is 2.24. The standard InChI is InChI=1S/C12H18N4O2/c1-12(2,7-10(13)17)15-11(18)8-5-3-4-6-9(8)16-14/h3-6,16H,7,14H2,1-2H3,(H2,13,17)(H,15,18). The number of hydrogen-bond donors (Lipinski definition) is 4.